The van der Waals surface area contributed by atoms with Crippen LogP contribution in [0, 0.1) is 12.1 Å². The molecule has 0 atom stereocenters. The summed E-state index contributed by atoms with van der Waals surface area (Å²) in [6.45, 7) is 0. The molecule has 0 amide bonds. The fourth-order valence-corrected chi connectivity index (χ4v) is 1.74. The predicted octanol–water partition coefficient (Wildman–Crippen LogP) is 4.21. The molecule has 1 heterocycles. The van der Waals surface area contributed by atoms with E-state index in [0.29, 0.717) is 0 Å². The van der Waals surface area contributed by atoms with Crippen molar-refractivity contribution in [2.45, 2.75) is 0 Å². The second-order valence-electron chi connectivity index (χ2n) is 3.75. The largest absolute Gasteiger partial charge is 0.482 e. The van der Waals surface area contributed by atoms with Gasteiger partial charge in [0, 0.05) is 65.4 Å². The summed E-state index contributed by atoms with van der Waals surface area (Å²) in [5, 5.41) is 0. The van der Waals surface area contributed by atoms with Gasteiger partial charge in [-0.25, -0.2) is 0 Å². The van der Waals surface area contributed by atoms with Crippen LogP contribution in [0.3, 0.4) is 0 Å². The summed E-state index contributed by atoms with van der Waals surface area (Å²) < 4.78 is 5.82. The first-order chi connectivity index (χ1) is 8.43. The van der Waals surface area contributed by atoms with Gasteiger partial charge >= 0.3 is 0 Å². The molecule has 2 radical (unpaired) electrons. The standard InChI is InChI=1S/C16H10O.2Y/c1-3-7-13(8-4-1)15-11-12-16(17-15)14-9-5-2-6-10-14;;/h1-3,5,7-12H;;/q-2;;. The van der Waals surface area contributed by atoms with Gasteiger partial charge in [-0.1, -0.05) is 11.1 Å². The van der Waals surface area contributed by atoms with Crippen molar-refractivity contribution >= 4 is 0 Å². The Kier molecular flexibility index (Phi) is 7.39. The quantitative estimate of drug-likeness (QED) is 0.592. The molecule has 0 unspecified atom stereocenters. The summed E-state index contributed by atoms with van der Waals surface area (Å²) in [7, 11) is 0. The normalized spacial score (nSPS) is 9.26. The molecule has 0 spiro atoms. The number of benzene rings is 2. The minimum atomic E-state index is 0. The molecule has 0 fully saturated rings. The Morgan fingerprint density at radius 1 is 0.684 bits per heavy atom. The van der Waals surface area contributed by atoms with Crippen molar-refractivity contribution < 1.29 is 69.8 Å². The second-order valence-corrected chi connectivity index (χ2v) is 3.75. The van der Waals surface area contributed by atoms with Gasteiger partial charge in [0.25, 0.3) is 0 Å². The van der Waals surface area contributed by atoms with E-state index in [9.17, 15) is 0 Å². The summed E-state index contributed by atoms with van der Waals surface area (Å²) in [5.74, 6) is 1.72. The number of hydrogen-bond donors (Lipinski definition) is 0. The van der Waals surface area contributed by atoms with Crippen LogP contribution in [-0.4, -0.2) is 0 Å². The van der Waals surface area contributed by atoms with Crippen molar-refractivity contribution in [3.8, 4) is 22.6 Å². The van der Waals surface area contributed by atoms with E-state index in [4.69, 9.17) is 4.42 Å². The molecule has 2 aromatic carbocycles. The van der Waals surface area contributed by atoms with Gasteiger partial charge in [-0.3, -0.25) is 0 Å². The van der Waals surface area contributed by atoms with Crippen LogP contribution in [0.2, 0.25) is 0 Å². The average Bonchev–Trinajstić information content (AvgIpc) is 2.90. The van der Waals surface area contributed by atoms with E-state index in [1.807, 2.05) is 60.7 Å². The topological polar surface area (TPSA) is 13.1 Å². The molecule has 0 saturated heterocycles. The van der Waals surface area contributed by atoms with E-state index in [1.54, 1.807) is 0 Å². The van der Waals surface area contributed by atoms with Gasteiger partial charge in [0.1, 0.15) is 0 Å². The van der Waals surface area contributed by atoms with Crippen molar-refractivity contribution in [1.29, 1.82) is 0 Å². The van der Waals surface area contributed by atoms with Crippen LogP contribution in [0.15, 0.2) is 65.1 Å². The zero-order chi connectivity index (χ0) is 11.5. The smallest absolute Gasteiger partial charge is 0.0783 e. The first-order valence-corrected chi connectivity index (χ1v) is 5.46. The van der Waals surface area contributed by atoms with E-state index in [0.717, 1.165) is 22.6 Å². The van der Waals surface area contributed by atoms with Gasteiger partial charge in [0.15, 0.2) is 0 Å². The van der Waals surface area contributed by atoms with Gasteiger partial charge in [0.05, 0.1) is 11.5 Å². The second kappa shape index (κ2) is 8.27. The zero-order valence-electron chi connectivity index (χ0n) is 10.3. The predicted molar refractivity (Wildman–Crippen MR) is 67.3 cm³/mol. The van der Waals surface area contributed by atoms with Crippen LogP contribution >= 0.6 is 0 Å². The van der Waals surface area contributed by atoms with Crippen LogP contribution in [-0.2, 0) is 65.4 Å². The molecular weight excluding hydrogens is 386 g/mol. The van der Waals surface area contributed by atoms with Gasteiger partial charge in [-0.05, 0) is 12.1 Å². The summed E-state index contributed by atoms with van der Waals surface area (Å²) in [6.07, 6.45) is 0. The molecule has 1 nitrogen and oxygen atoms in total. The zero-order valence-corrected chi connectivity index (χ0v) is 16.0. The first kappa shape index (κ1) is 17.0. The molecule has 0 bridgehead atoms. The Morgan fingerprint density at radius 3 is 1.53 bits per heavy atom. The fourth-order valence-electron chi connectivity index (χ4n) is 1.74. The van der Waals surface area contributed by atoms with Crippen LogP contribution in [0.4, 0.5) is 0 Å². The van der Waals surface area contributed by atoms with E-state index < -0.39 is 0 Å². The molecule has 88 valence electrons. The minimum Gasteiger partial charge on any atom is -0.482 e. The Balaban J connectivity index is 0.000000902. The number of hydrogen-bond acceptors (Lipinski definition) is 1. The molecule has 0 N–H and O–H groups in total. The van der Waals surface area contributed by atoms with Crippen LogP contribution in [0.1, 0.15) is 0 Å². The van der Waals surface area contributed by atoms with Crippen molar-refractivity contribution in [1.82, 2.24) is 0 Å². The van der Waals surface area contributed by atoms with E-state index in [-0.39, 0.29) is 65.4 Å². The Hall–Kier alpha value is -0.0722. The van der Waals surface area contributed by atoms with Crippen LogP contribution < -0.4 is 0 Å². The molecule has 0 aliphatic heterocycles. The molecule has 3 rings (SSSR count). The molecule has 3 heteroatoms. The SMILES string of the molecule is [Y].[Y].[c-]1cccc(-c2ccc(-c3c[c-]ccc3)o2)c1. The summed E-state index contributed by atoms with van der Waals surface area (Å²) >= 11 is 0. The average molecular weight is 396 g/mol. The van der Waals surface area contributed by atoms with Crippen molar-refractivity contribution in [3.63, 3.8) is 0 Å². The monoisotopic (exact) mass is 396 g/mol. The van der Waals surface area contributed by atoms with Crippen LogP contribution in [0.5, 0.6) is 0 Å². The van der Waals surface area contributed by atoms with Crippen molar-refractivity contribution in [3.05, 3.63) is 72.8 Å². The van der Waals surface area contributed by atoms with E-state index >= 15 is 0 Å². The van der Waals surface area contributed by atoms with Crippen LogP contribution in [0.25, 0.3) is 22.6 Å². The third kappa shape index (κ3) is 4.19. The van der Waals surface area contributed by atoms with Crippen molar-refractivity contribution in [2.75, 3.05) is 0 Å². The molecule has 19 heavy (non-hydrogen) atoms. The molecule has 0 aliphatic rings. The Morgan fingerprint density at radius 2 is 1.16 bits per heavy atom. The third-order valence-corrected chi connectivity index (χ3v) is 2.59. The summed E-state index contributed by atoms with van der Waals surface area (Å²) in [6, 6.07) is 25.5. The maximum atomic E-state index is 5.82. The summed E-state index contributed by atoms with van der Waals surface area (Å²) in [4.78, 5) is 0. The maximum Gasteiger partial charge on any atom is 0.0783 e. The maximum absolute atomic E-state index is 5.82. The Labute approximate surface area is 163 Å². The van der Waals surface area contributed by atoms with Gasteiger partial charge < -0.3 is 4.42 Å². The number of rotatable bonds is 2. The van der Waals surface area contributed by atoms with Gasteiger partial charge in [-0.2, -0.15) is 60.7 Å². The van der Waals surface area contributed by atoms with Gasteiger partial charge in [-0.15, -0.1) is 0 Å². The minimum absolute atomic E-state index is 0. The molecule has 3 aromatic rings. The third-order valence-electron chi connectivity index (χ3n) is 2.59. The molecule has 1 aromatic heterocycles. The molecule has 0 aliphatic carbocycles. The van der Waals surface area contributed by atoms with Crippen molar-refractivity contribution in [2.24, 2.45) is 0 Å². The van der Waals surface area contributed by atoms with E-state index in [1.165, 1.54) is 0 Å². The molecular formula is C16H10OY2-2. The molecule has 0 saturated carbocycles. The van der Waals surface area contributed by atoms with Gasteiger partial charge in [0.2, 0.25) is 0 Å². The summed E-state index contributed by atoms with van der Waals surface area (Å²) in [5.41, 5.74) is 2.08. The number of furan rings is 1. The Bertz CT molecular complexity index is 549. The fraction of sp³-hybridized carbons (Fsp3) is 0. The van der Waals surface area contributed by atoms with E-state index in [2.05, 4.69) is 12.1 Å². The first-order valence-electron chi connectivity index (χ1n) is 5.46.